The minimum Gasteiger partial charge on any atom is -0.313 e. The molecular weight excluding hydrogens is 244 g/mol. The third-order valence-corrected chi connectivity index (χ3v) is 3.87. The summed E-state index contributed by atoms with van der Waals surface area (Å²) in [5, 5.41) is 4.43. The highest BCUT2D eigenvalue weighted by Crippen LogP contribution is 2.32. The lowest BCUT2D eigenvalue weighted by molar-refractivity contribution is 0.315. The first-order valence-corrected chi connectivity index (χ1v) is 7.19. The van der Waals surface area contributed by atoms with Crippen molar-refractivity contribution in [2.24, 2.45) is 5.92 Å². The summed E-state index contributed by atoms with van der Waals surface area (Å²) in [5.41, 5.74) is 1.28. The van der Waals surface area contributed by atoms with Crippen molar-refractivity contribution >= 4 is 11.6 Å². The van der Waals surface area contributed by atoms with Gasteiger partial charge in [-0.1, -0.05) is 23.7 Å². The molecule has 0 aromatic heterocycles. The van der Waals surface area contributed by atoms with Crippen molar-refractivity contribution in [1.29, 1.82) is 0 Å². The van der Waals surface area contributed by atoms with E-state index >= 15 is 0 Å². The molecule has 1 N–H and O–H groups in total. The van der Waals surface area contributed by atoms with Crippen LogP contribution in [-0.4, -0.2) is 31.1 Å². The van der Waals surface area contributed by atoms with E-state index in [2.05, 4.69) is 30.3 Å². The Morgan fingerprint density at radius 2 is 2.22 bits per heavy atom. The predicted octanol–water partition coefficient (Wildman–Crippen LogP) is 3.16. The van der Waals surface area contributed by atoms with Crippen LogP contribution in [0, 0.1) is 5.92 Å². The van der Waals surface area contributed by atoms with Gasteiger partial charge in [0.2, 0.25) is 0 Å². The topological polar surface area (TPSA) is 15.3 Å². The number of benzene rings is 1. The second-order valence-corrected chi connectivity index (χ2v) is 5.88. The second kappa shape index (κ2) is 6.55. The quantitative estimate of drug-likeness (QED) is 0.816. The van der Waals surface area contributed by atoms with Crippen LogP contribution in [-0.2, 0) is 6.54 Å². The van der Waals surface area contributed by atoms with Gasteiger partial charge in [0.1, 0.15) is 0 Å². The highest BCUT2D eigenvalue weighted by atomic mass is 35.5. The Hall–Kier alpha value is -0.570. The number of halogens is 1. The van der Waals surface area contributed by atoms with Crippen LogP contribution in [0.3, 0.4) is 0 Å². The van der Waals surface area contributed by atoms with Gasteiger partial charge < -0.3 is 10.2 Å². The number of rotatable bonds is 7. The first-order valence-electron chi connectivity index (χ1n) is 6.81. The van der Waals surface area contributed by atoms with E-state index in [9.17, 15) is 0 Å². The van der Waals surface area contributed by atoms with Crippen LogP contribution in [0.15, 0.2) is 24.3 Å². The fourth-order valence-electron chi connectivity index (χ4n) is 2.27. The first-order chi connectivity index (χ1) is 8.65. The third kappa shape index (κ3) is 4.60. The van der Waals surface area contributed by atoms with Crippen LogP contribution in [0.5, 0.6) is 0 Å². The maximum absolute atomic E-state index is 5.99. The van der Waals surface area contributed by atoms with Gasteiger partial charge in [0.15, 0.2) is 0 Å². The molecule has 2 nitrogen and oxygen atoms in total. The van der Waals surface area contributed by atoms with Crippen molar-refractivity contribution in [3.8, 4) is 0 Å². The van der Waals surface area contributed by atoms with Gasteiger partial charge in [-0.25, -0.2) is 0 Å². The summed E-state index contributed by atoms with van der Waals surface area (Å²) in [6.07, 6.45) is 2.82. The van der Waals surface area contributed by atoms with E-state index in [1.165, 1.54) is 18.4 Å². The van der Waals surface area contributed by atoms with Gasteiger partial charge in [-0.05, 0) is 50.4 Å². The molecule has 1 aliphatic rings. The van der Waals surface area contributed by atoms with Crippen LogP contribution < -0.4 is 5.32 Å². The van der Waals surface area contributed by atoms with Gasteiger partial charge in [0, 0.05) is 30.7 Å². The van der Waals surface area contributed by atoms with Crippen molar-refractivity contribution in [1.82, 2.24) is 10.2 Å². The lowest BCUT2D eigenvalue weighted by Gasteiger charge is -2.19. The Bertz CT molecular complexity index is 377. The molecule has 1 aliphatic carbocycles. The van der Waals surface area contributed by atoms with Crippen molar-refractivity contribution < 1.29 is 0 Å². The van der Waals surface area contributed by atoms with Crippen LogP contribution in [0.1, 0.15) is 25.3 Å². The molecule has 1 fully saturated rings. The minimum absolute atomic E-state index is 0.685. The largest absolute Gasteiger partial charge is 0.313 e. The fraction of sp³-hybridized carbons (Fsp3) is 0.600. The third-order valence-electron chi connectivity index (χ3n) is 3.63. The summed E-state index contributed by atoms with van der Waals surface area (Å²) < 4.78 is 0. The number of hydrogen-bond acceptors (Lipinski definition) is 2. The molecule has 100 valence electrons. The lowest BCUT2D eigenvalue weighted by Crippen LogP contribution is -2.35. The average Bonchev–Trinajstić information content (AvgIpc) is 3.12. The zero-order valence-electron chi connectivity index (χ0n) is 11.3. The standard InChI is InChI=1S/C15H23ClN2/c1-12(14-6-7-14)17-8-9-18(2)11-13-4-3-5-15(16)10-13/h3-5,10,12,14,17H,6-9,11H2,1-2H3. The Morgan fingerprint density at radius 1 is 1.44 bits per heavy atom. The molecule has 1 atom stereocenters. The van der Waals surface area contributed by atoms with Crippen LogP contribution in [0.4, 0.5) is 0 Å². The van der Waals surface area contributed by atoms with Gasteiger partial charge in [-0.15, -0.1) is 0 Å². The molecule has 1 saturated carbocycles. The molecule has 3 heteroatoms. The molecule has 18 heavy (non-hydrogen) atoms. The molecule has 0 aliphatic heterocycles. The normalized spacial score (nSPS) is 17.1. The molecule has 0 saturated heterocycles. The van der Waals surface area contributed by atoms with Gasteiger partial charge >= 0.3 is 0 Å². The summed E-state index contributed by atoms with van der Waals surface area (Å²) in [6.45, 7) is 5.40. The zero-order chi connectivity index (χ0) is 13.0. The van der Waals surface area contributed by atoms with E-state index in [4.69, 9.17) is 11.6 Å². The number of hydrogen-bond donors (Lipinski definition) is 1. The highest BCUT2D eigenvalue weighted by molar-refractivity contribution is 6.30. The van der Waals surface area contributed by atoms with E-state index < -0.39 is 0 Å². The van der Waals surface area contributed by atoms with Gasteiger partial charge in [-0.2, -0.15) is 0 Å². The SMILES string of the molecule is CC(NCCN(C)Cc1cccc(Cl)c1)C1CC1. The van der Waals surface area contributed by atoms with Gasteiger partial charge in [-0.3, -0.25) is 0 Å². The monoisotopic (exact) mass is 266 g/mol. The predicted molar refractivity (Wildman–Crippen MR) is 78.0 cm³/mol. The van der Waals surface area contributed by atoms with Crippen molar-refractivity contribution in [3.05, 3.63) is 34.9 Å². The summed E-state index contributed by atoms with van der Waals surface area (Å²) >= 11 is 5.99. The van der Waals surface area contributed by atoms with E-state index in [-0.39, 0.29) is 0 Å². The van der Waals surface area contributed by atoms with E-state index in [1.807, 2.05) is 18.2 Å². The molecule has 0 heterocycles. The average molecular weight is 267 g/mol. The maximum atomic E-state index is 5.99. The summed E-state index contributed by atoms with van der Waals surface area (Å²) in [5.74, 6) is 0.934. The molecular formula is C15H23ClN2. The van der Waals surface area contributed by atoms with E-state index in [0.29, 0.717) is 6.04 Å². The van der Waals surface area contributed by atoms with Gasteiger partial charge in [0.05, 0.1) is 0 Å². The summed E-state index contributed by atoms with van der Waals surface area (Å²) in [7, 11) is 2.16. The minimum atomic E-state index is 0.685. The molecule has 0 bridgehead atoms. The van der Waals surface area contributed by atoms with Crippen molar-refractivity contribution in [2.45, 2.75) is 32.4 Å². The Labute approximate surface area is 115 Å². The molecule has 1 unspecified atom stereocenters. The molecule has 1 aromatic carbocycles. The van der Waals surface area contributed by atoms with E-state index in [0.717, 1.165) is 30.6 Å². The van der Waals surface area contributed by atoms with Crippen LogP contribution in [0.2, 0.25) is 5.02 Å². The summed E-state index contributed by atoms with van der Waals surface area (Å²) in [6, 6.07) is 8.79. The van der Waals surface area contributed by atoms with Crippen LogP contribution >= 0.6 is 11.6 Å². The van der Waals surface area contributed by atoms with Crippen molar-refractivity contribution in [2.75, 3.05) is 20.1 Å². The Kier molecular flexibility index (Phi) is 5.04. The molecule has 0 spiro atoms. The number of likely N-dealkylation sites (N-methyl/N-ethyl adjacent to an activating group) is 1. The van der Waals surface area contributed by atoms with Crippen LogP contribution in [0.25, 0.3) is 0 Å². The Balaban J connectivity index is 1.66. The fourth-order valence-corrected chi connectivity index (χ4v) is 2.48. The number of nitrogens with zero attached hydrogens (tertiary/aromatic N) is 1. The lowest BCUT2D eigenvalue weighted by atomic mass is 10.2. The maximum Gasteiger partial charge on any atom is 0.0409 e. The first kappa shape index (κ1) is 13.9. The van der Waals surface area contributed by atoms with Crippen molar-refractivity contribution in [3.63, 3.8) is 0 Å². The smallest absolute Gasteiger partial charge is 0.0409 e. The zero-order valence-corrected chi connectivity index (χ0v) is 12.1. The highest BCUT2D eigenvalue weighted by Gasteiger charge is 2.27. The molecule has 0 amide bonds. The molecule has 2 rings (SSSR count). The second-order valence-electron chi connectivity index (χ2n) is 5.45. The van der Waals surface area contributed by atoms with Gasteiger partial charge in [0.25, 0.3) is 0 Å². The number of nitrogens with one attached hydrogen (secondary N) is 1. The molecule has 1 aromatic rings. The summed E-state index contributed by atoms with van der Waals surface area (Å²) in [4.78, 5) is 2.33. The molecule has 0 radical (unpaired) electrons. The Morgan fingerprint density at radius 3 is 2.89 bits per heavy atom. The van der Waals surface area contributed by atoms with E-state index in [1.54, 1.807) is 0 Å².